The minimum atomic E-state index is -0.0190. The van der Waals surface area contributed by atoms with Crippen LogP contribution in [0.4, 0.5) is 0 Å². The molecule has 0 radical (unpaired) electrons. The average Bonchev–Trinajstić information content (AvgIpc) is 3.07. The lowest BCUT2D eigenvalue weighted by Gasteiger charge is -2.07. The number of carbonyl (C=O) groups is 1. The Balaban J connectivity index is 1.81. The topological polar surface area (TPSA) is 65.2 Å². The van der Waals surface area contributed by atoms with Crippen LogP contribution in [0.1, 0.15) is 26.6 Å². The molecule has 1 aromatic carbocycles. The Morgan fingerprint density at radius 3 is 3.14 bits per heavy atom. The molecule has 2 heterocycles. The van der Waals surface area contributed by atoms with Crippen molar-refractivity contribution in [3.8, 4) is 5.75 Å². The summed E-state index contributed by atoms with van der Waals surface area (Å²) in [4.78, 5) is 16.7. The highest BCUT2D eigenvalue weighted by atomic mass is 35.5. The van der Waals surface area contributed by atoms with Crippen LogP contribution in [0.5, 0.6) is 5.75 Å². The summed E-state index contributed by atoms with van der Waals surface area (Å²) >= 11 is 7.58. The second-order valence-corrected chi connectivity index (χ2v) is 6.30. The zero-order chi connectivity index (χ0) is 14.8. The van der Waals surface area contributed by atoms with Crippen molar-refractivity contribution in [2.45, 2.75) is 19.3 Å². The van der Waals surface area contributed by atoms with Crippen molar-refractivity contribution in [3.05, 3.63) is 44.4 Å². The van der Waals surface area contributed by atoms with Gasteiger partial charge in [0.25, 0.3) is 0 Å². The Hall–Kier alpha value is -1.43. The highest BCUT2D eigenvalue weighted by Crippen LogP contribution is 2.33. The fourth-order valence-corrected chi connectivity index (χ4v) is 3.50. The molecule has 0 bridgehead atoms. The molecular formula is C15H15ClN2O2S. The predicted molar refractivity (Wildman–Crippen MR) is 83.6 cm³/mol. The van der Waals surface area contributed by atoms with E-state index in [0.717, 1.165) is 28.3 Å². The number of aromatic nitrogens is 1. The lowest BCUT2D eigenvalue weighted by atomic mass is 10.0. The van der Waals surface area contributed by atoms with Crippen molar-refractivity contribution < 1.29 is 9.53 Å². The quantitative estimate of drug-likeness (QED) is 0.859. The van der Waals surface area contributed by atoms with Crippen molar-refractivity contribution in [1.29, 1.82) is 0 Å². The normalized spacial score (nSPS) is 13.0. The Kier molecular flexibility index (Phi) is 4.24. The van der Waals surface area contributed by atoms with Gasteiger partial charge in [-0.25, -0.2) is 4.98 Å². The van der Waals surface area contributed by atoms with Gasteiger partial charge in [0.05, 0.1) is 11.6 Å². The molecule has 1 aliphatic rings. The van der Waals surface area contributed by atoms with Crippen LogP contribution < -0.4 is 10.5 Å². The zero-order valence-electron chi connectivity index (χ0n) is 11.4. The van der Waals surface area contributed by atoms with Crippen molar-refractivity contribution in [2.24, 2.45) is 5.73 Å². The molecule has 3 rings (SSSR count). The predicted octanol–water partition coefficient (Wildman–Crippen LogP) is 2.66. The van der Waals surface area contributed by atoms with Gasteiger partial charge in [0.15, 0.2) is 5.78 Å². The molecule has 6 heteroatoms. The van der Waals surface area contributed by atoms with E-state index in [4.69, 9.17) is 22.1 Å². The number of fused-ring (bicyclic) bond motifs is 1. The Labute approximate surface area is 131 Å². The summed E-state index contributed by atoms with van der Waals surface area (Å²) in [7, 11) is 0. The molecule has 2 aromatic rings. The number of hydrogen-bond acceptors (Lipinski definition) is 5. The van der Waals surface area contributed by atoms with E-state index in [-0.39, 0.29) is 12.2 Å². The summed E-state index contributed by atoms with van der Waals surface area (Å²) in [6.45, 7) is 1.19. The van der Waals surface area contributed by atoms with Crippen molar-refractivity contribution in [3.63, 3.8) is 0 Å². The van der Waals surface area contributed by atoms with Crippen LogP contribution in [0.3, 0.4) is 0 Å². The standard InChI is InChI=1S/C15H15ClN2O2S/c16-11-5-9-2-4-20-15(9)10(6-11)7-13(19)12-8-21-14(18-12)1-3-17/h5-6,8H,1-4,7,17H2. The van der Waals surface area contributed by atoms with Gasteiger partial charge in [-0.05, 0) is 24.2 Å². The monoisotopic (exact) mass is 322 g/mol. The third kappa shape index (κ3) is 3.10. The summed E-state index contributed by atoms with van der Waals surface area (Å²) < 4.78 is 5.62. The van der Waals surface area contributed by atoms with Gasteiger partial charge in [0.2, 0.25) is 0 Å². The smallest absolute Gasteiger partial charge is 0.186 e. The number of ether oxygens (including phenoxy) is 1. The van der Waals surface area contributed by atoms with Gasteiger partial charge in [-0.1, -0.05) is 11.6 Å². The van der Waals surface area contributed by atoms with Gasteiger partial charge in [-0.15, -0.1) is 11.3 Å². The number of nitrogens with two attached hydrogens (primary N) is 1. The van der Waals surface area contributed by atoms with E-state index >= 15 is 0 Å². The van der Waals surface area contributed by atoms with Crippen molar-refractivity contribution in [2.75, 3.05) is 13.2 Å². The second kappa shape index (κ2) is 6.13. The summed E-state index contributed by atoms with van der Waals surface area (Å²) in [5.74, 6) is 0.791. The molecule has 4 nitrogen and oxygen atoms in total. The van der Waals surface area contributed by atoms with Gasteiger partial charge in [0, 0.05) is 35.2 Å². The number of thiazole rings is 1. The van der Waals surface area contributed by atoms with Crippen LogP contribution in [0.15, 0.2) is 17.5 Å². The summed E-state index contributed by atoms with van der Waals surface area (Å²) in [6.07, 6.45) is 1.80. The first-order chi connectivity index (χ1) is 10.2. The fraction of sp³-hybridized carbons (Fsp3) is 0.333. The number of ketones is 1. The van der Waals surface area contributed by atoms with Gasteiger partial charge in [-0.2, -0.15) is 0 Å². The van der Waals surface area contributed by atoms with E-state index in [1.54, 1.807) is 11.4 Å². The van der Waals surface area contributed by atoms with Crippen LogP contribution in [-0.4, -0.2) is 23.9 Å². The second-order valence-electron chi connectivity index (χ2n) is 4.92. The molecule has 1 aromatic heterocycles. The molecule has 2 N–H and O–H groups in total. The van der Waals surface area contributed by atoms with Crippen LogP contribution in [-0.2, 0) is 19.3 Å². The first-order valence-electron chi connectivity index (χ1n) is 6.79. The molecule has 21 heavy (non-hydrogen) atoms. The SMILES string of the molecule is NCCc1nc(C(=O)Cc2cc(Cl)cc3c2OCC3)cs1. The number of halogens is 1. The van der Waals surface area contributed by atoms with E-state index in [0.29, 0.717) is 30.3 Å². The molecule has 0 spiro atoms. The number of carbonyl (C=O) groups excluding carboxylic acids is 1. The van der Waals surface area contributed by atoms with Crippen LogP contribution in [0.25, 0.3) is 0 Å². The number of nitrogens with zero attached hydrogens (tertiary/aromatic N) is 1. The first kappa shape index (κ1) is 14.5. The summed E-state index contributed by atoms with van der Waals surface area (Å²) in [5.41, 5.74) is 7.91. The molecule has 0 unspecified atom stereocenters. The van der Waals surface area contributed by atoms with Crippen LogP contribution >= 0.6 is 22.9 Å². The van der Waals surface area contributed by atoms with Gasteiger partial charge in [-0.3, -0.25) is 4.79 Å². The highest BCUT2D eigenvalue weighted by molar-refractivity contribution is 7.09. The van der Waals surface area contributed by atoms with Crippen molar-refractivity contribution >= 4 is 28.7 Å². The third-order valence-electron chi connectivity index (χ3n) is 3.37. The molecule has 0 saturated heterocycles. The van der Waals surface area contributed by atoms with Gasteiger partial charge < -0.3 is 10.5 Å². The molecular weight excluding hydrogens is 308 g/mol. The van der Waals surface area contributed by atoms with E-state index in [1.807, 2.05) is 6.07 Å². The Morgan fingerprint density at radius 2 is 2.33 bits per heavy atom. The minimum absolute atomic E-state index is 0.0190. The maximum Gasteiger partial charge on any atom is 0.186 e. The van der Waals surface area contributed by atoms with Crippen LogP contribution in [0, 0.1) is 0 Å². The van der Waals surface area contributed by atoms with Gasteiger partial charge >= 0.3 is 0 Å². The fourth-order valence-electron chi connectivity index (χ4n) is 2.42. The number of rotatable bonds is 5. The lowest BCUT2D eigenvalue weighted by Crippen LogP contribution is -2.07. The molecule has 1 aliphatic heterocycles. The first-order valence-corrected chi connectivity index (χ1v) is 8.05. The number of hydrogen-bond donors (Lipinski definition) is 1. The highest BCUT2D eigenvalue weighted by Gasteiger charge is 2.20. The van der Waals surface area contributed by atoms with E-state index in [2.05, 4.69) is 4.98 Å². The molecule has 0 aliphatic carbocycles. The maximum absolute atomic E-state index is 12.4. The van der Waals surface area contributed by atoms with E-state index < -0.39 is 0 Å². The zero-order valence-corrected chi connectivity index (χ0v) is 13.0. The Morgan fingerprint density at radius 1 is 1.48 bits per heavy atom. The Bertz CT molecular complexity index is 684. The molecule has 0 atom stereocenters. The average molecular weight is 323 g/mol. The summed E-state index contributed by atoms with van der Waals surface area (Å²) in [6, 6.07) is 3.71. The van der Waals surface area contributed by atoms with Crippen LogP contribution in [0.2, 0.25) is 5.02 Å². The largest absolute Gasteiger partial charge is 0.493 e. The summed E-state index contributed by atoms with van der Waals surface area (Å²) in [5, 5.41) is 3.33. The molecule has 0 saturated carbocycles. The molecule has 110 valence electrons. The molecule has 0 amide bonds. The molecule has 0 fully saturated rings. The third-order valence-corrected chi connectivity index (χ3v) is 4.50. The van der Waals surface area contributed by atoms with E-state index in [1.165, 1.54) is 11.3 Å². The lowest BCUT2D eigenvalue weighted by molar-refractivity contribution is 0.0988. The minimum Gasteiger partial charge on any atom is -0.493 e. The van der Waals surface area contributed by atoms with Gasteiger partial charge in [0.1, 0.15) is 11.4 Å². The van der Waals surface area contributed by atoms with Crippen molar-refractivity contribution in [1.82, 2.24) is 4.98 Å². The number of benzene rings is 1. The number of Topliss-reactive ketones (excluding diaryl/α,β-unsaturated/α-hetero) is 1. The maximum atomic E-state index is 12.4. The van der Waals surface area contributed by atoms with E-state index in [9.17, 15) is 4.79 Å².